The van der Waals surface area contributed by atoms with E-state index in [1.54, 1.807) is 6.07 Å². The van der Waals surface area contributed by atoms with E-state index >= 15 is 0 Å². The maximum absolute atomic E-state index is 12.9. The van der Waals surface area contributed by atoms with Crippen LogP contribution in [0.25, 0.3) is 0 Å². The van der Waals surface area contributed by atoms with E-state index in [2.05, 4.69) is 17.8 Å². The molecule has 1 amide bonds. The molecule has 1 N–H and O–H groups in total. The number of nitrogens with zero attached hydrogens (tertiary/aromatic N) is 1. The van der Waals surface area contributed by atoms with Crippen molar-refractivity contribution in [2.24, 2.45) is 0 Å². The number of nitrogens with one attached hydrogen (secondary N) is 1. The molecule has 0 atom stereocenters. The Morgan fingerprint density at radius 1 is 1.44 bits per heavy atom. The molecule has 0 aliphatic heterocycles. The van der Waals surface area contributed by atoms with Crippen LogP contribution in [0.15, 0.2) is 18.3 Å². The van der Waals surface area contributed by atoms with Crippen LogP contribution < -0.4 is 5.32 Å². The number of pyridine rings is 1. The fraction of sp³-hybridized carbons (Fsp3) is 0.417. The molecule has 0 fully saturated rings. The van der Waals surface area contributed by atoms with E-state index in [-0.39, 0.29) is 11.6 Å². The molecule has 1 aromatic rings. The van der Waals surface area contributed by atoms with Crippen molar-refractivity contribution in [1.29, 1.82) is 0 Å². The number of hydrogen-bond acceptors (Lipinski definition) is 2. The molecular weight excluding hydrogens is 253 g/mol. The Morgan fingerprint density at radius 3 is 2.89 bits per heavy atom. The van der Waals surface area contributed by atoms with Crippen molar-refractivity contribution in [3.63, 3.8) is 0 Å². The predicted molar refractivity (Wildman–Crippen MR) is 74.4 cm³/mol. The first-order chi connectivity index (χ1) is 8.63. The van der Waals surface area contributed by atoms with Crippen LogP contribution >= 0.6 is 11.6 Å². The van der Waals surface area contributed by atoms with E-state index in [0.717, 1.165) is 19.3 Å². The zero-order chi connectivity index (χ0) is 13.4. The van der Waals surface area contributed by atoms with Crippen LogP contribution in [0, 0.1) is 0 Å². The summed E-state index contributed by atoms with van der Waals surface area (Å²) in [6.07, 6.45) is 4.51. The van der Waals surface area contributed by atoms with Crippen LogP contribution in [0.5, 0.6) is 0 Å². The van der Waals surface area contributed by atoms with Gasteiger partial charge in [-0.2, -0.15) is 0 Å². The fourth-order valence-electron chi connectivity index (χ4n) is 1.44. The van der Waals surface area contributed by atoms with Crippen molar-refractivity contribution in [1.82, 2.24) is 4.98 Å². The minimum absolute atomic E-state index is 0.0915. The molecule has 0 aliphatic carbocycles. The summed E-state index contributed by atoms with van der Waals surface area (Å²) >= 11 is 5.54. The molecule has 0 aliphatic rings. The summed E-state index contributed by atoms with van der Waals surface area (Å²) in [7, 11) is 3.16. The van der Waals surface area contributed by atoms with E-state index in [4.69, 9.17) is 11.6 Å². The van der Waals surface area contributed by atoms with Gasteiger partial charge in [-0.25, -0.2) is 0 Å². The first-order valence-electron chi connectivity index (χ1n) is 5.80. The summed E-state index contributed by atoms with van der Waals surface area (Å²) in [6.45, 7) is 0. The van der Waals surface area contributed by atoms with Gasteiger partial charge in [-0.3, -0.25) is 0 Å². The zero-order valence-corrected chi connectivity index (χ0v) is 10.8. The Kier molecular flexibility index (Phi) is 6.58. The Balaban J connectivity index is 2.44. The number of carbonyl (C=O) groups is 1. The summed E-state index contributed by atoms with van der Waals surface area (Å²) in [5, 5.41) is 2.69. The number of halogens is 2. The molecule has 1 rings (SSSR count). The van der Waals surface area contributed by atoms with Crippen LogP contribution in [-0.2, 0) is 4.79 Å². The molecule has 0 spiro atoms. The van der Waals surface area contributed by atoms with E-state index in [9.17, 15) is 9.18 Å². The van der Waals surface area contributed by atoms with Crippen molar-refractivity contribution in [3.8, 4) is 0 Å². The number of aromatic nitrogens is 1. The molecule has 6 heteroatoms. The van der Waals surface area contributed by atoms with Gasteiger partial charge in [0, 0.05) is 0 Å². The van der Waals surface area contributed by atoms with Crippen molar-refractivity contribution >= 4 is 36.4 Å². The van der Waals surface area contributed by atoms with Gasteiger partial charge in [0.05, 0.1) is 0 Å². The van der Waals surface area contributed by atoms with Crippen molar-refractivity contribution in [2.45, 2.75) is 25.7 Å². The van der Waals surface area contributed by atoms with Crippen LogP contribution in [0.3, 0.4) is 0 Å². The number of carbonyl (C=O) groups excluding carboxylic acids is 1. The predicted octanol–water partition coefficient (Wildman–Crippen LogP) is 2.17. The van der Waals surface area contributed by atoms with E-state index < -0.39 is 5.72 Å². The molecule has 3 nitrogen and oxygen atoms in total. The van der Waals surface area contributed by atoms with Gasteiger partial charge in [-0.15, -0.1) is 0 Å². The van der Waals surface area contributed by atoms with E-state index in [1.165, 1.54) is 12.3 Å². The Bertz CT molecular complexity index is 428. The molecule has 1 heterocycles. The molecule has 0 aromatic carbocycles. The minimum atomic E-state index is -0.617. The molecule has 18 heavy (non-hydrogen) atoms. The summed E-state index contributed by atoms with van der Waals surface area (Å²) in [6, 6.07) is 3.07. The van der Waals surface area contributed by atoms with Crippen molar-refractivity contribution in [3.05, 3.63) is 24.0 Å². The third-order valence-electron chi connectivity index (χ3n) is 2.36. The number of anilines is 1. The van der Waals surface area contributed by atoms with Crippen LogP contribution in [0.1, 0.15) is 31.4 Å². The third-order valence-corrected chi connectivity index (χ3v) is 2.63. The second-order valence-electron chi connectivity index (χ2n) is 3.88. The average Bonchev–Trinajstić information content (AvgIpc) is 2.35. The standard InChI is InChI=1S/C12H15BClFN2O/c13-12(15)10-8-9(5-7-16-10)17-11(18)4-2-1-3-6-14/h5,7-8,13H,1-4,6H2,(H,16,17,18). The third kappa shape index (κ3) is 5.40. The van der Waals surface area contributed by atoms with Gasteiger partial charge in [-0.05, 0) is 0 Å². The monoisotopic (exact) mass is 268 g/mol. The Hall–Kier alpha value is -1.23. The van der Waals surface area contributed by atoms with Gasteiger partial charge in [-0.1, -0.05) is 0 Å². The quantitative estimate of drug-likeness (QED) is 0.468. The molecule has 0 saturated heterocycles. The summed E-state index contributed by atoms with van der Waals surface area (Å²) in [5.74, 6) is 0.528. The van der Waals surface area contributed by atoms with Crippen LogP contribution in [-0.4, -0.2) is 30.0 Å². The van der Waals surface area contributed by atoms with Gasteiger partial charge in [0.2, 0.25) is 0 Å². The second kappa shape index (κ2) is 7.98. The second-order valence-corrected chi connectivity index (χ2v) is 4.26. The molecule has 0 bridgehead atoms. The van der Waals surface area contributed by atoms with Gasteiger partial charge in [0.15, 0.2) is 0 Å². The van der Waals surface area contributed by atoms with Gasteiger partial charge >= 0.3 is 111 Å². The van der Waals surface area contributed by atoms with Crippen LogP contribution in [0.4, 0.5) is 10.1 Å². The molecular formula is C12H15BClFN2O. The zero-order valence-electron chi connectivity index (χ0n) is 10.1. The first-order valence-corrected chi connectivity index (χ1v) is 6.33. The maximum atomic E-state index is 12.9. The number of amides is 1. The number of hydrogen-bond donors (Lipinski definition) is 1. The molecule has 0 saturated carbocycles. The van der Waals surface area contributed by atoms with Crippen molar-refractivity contribution in [2.75, 3.05) is 11.2 Å². The molecule has 0 radical (unpaired) electrons. The van der Waals surface area contributed by atoms with Crippen molar-refractivity contribution < 1.29 is 9.18 Å². The van der Waals surface area contributed by atoms with Crippen LogP contribution in [0.2, 0.25) is 0 Å². The van der Waals surface area contributed by atoms with Gasteiger partial charge < -0.3 is 0 Å². The molecule has 0 unspecified atom stereocenters. The van der Waals surface area contributed by atoms with E-state index in [0.29, 0.717) is 18.0 Å². The Labute approximate surface area is 112 Å². The van der Waals surface area contributed by atoms with Gasteiger partial charge in [0.25, 0.3) is 0 Å². The Morgan fingerprint density at radius 2 is 2.22 bits per heavy atom. The fourth-order valence-corrected chi connectivity index (χ4v) is 1.63. The topological polar surface area (TPSA) is 42.0 Å². The average molecular weight is 269 g/mol. The summed E-state index contributed by atoms with van der Waals surface area (Å²) in [4.78, 5) is 15.4. The number of unbranched alkanes of at least 4 members (excludes halogenated alkanes) is 2. The normalized spacial score (nSPS) is 10.1. The molecule has 96 valence electrons. The molecule has 1 aromatic heterocycles. The SMILES string of the molecule is B=C(F)c1cc(NC(=O)CCCCCCl)ccn1. The summed E-state index contributed by atoms with van der Waals surface area (Å²) in [5.41, 5.74) is 0.0456. The number of alkyl halides is 1. The van der Waals surface area contributed by atoms with E-state index in [1.807, 2.05) is 0 Å². The number of rotatable bonds is 7. The summed E-state index contributed by atoms with van der Waals surface area (Å²) < 4.78 is 12.9. The first kappa shape index (κ1) is 14.8. The van der Waals surface area contributed by atoms with Gasteiger partial charge in [0.1, 0.15) is 0 Å².